The Morgan fingerprint density at radius 3 is 2.67 bits per heavy atom. The van der Waals surface area contributed by atoms with Crippen molar-refractivity contribution in [2.24, 2.45) is 0 Å². The van der Waals surface area contributed by atoms with Gasteiger partial charge in [-0.05, 0) is 24.9 Å². The van der Waals surface area contributed by atoms with Gasteiger partial charge in [0.15, 0.2) is 0 Å². The van der Waals surface area contributed by atoms with Crippen LogP contribution in [0.1, 0.15) is 18.4 Å². The number of hydrogen-bond donors (Lipinski definition) is 1. The zero-order valence-electron chi connectivity index (χ0n) is 10.8. The van der Waals surface area contributed by atoms with Crippen LogP contribution in [0.25, 0.3) is 0 Å². The molecule has 2 fully saturated rings. The molecule has 18 heavy (non-hydrogen) atoms. The van der Waals surface area contributed by atoms with Crippen LogP contribution in [0.2, 0.25) is 0 Å². The quantitative estimate of drug-likeness (QED) is 0.817. The highest BCUT2D eigenvalue weighted by Crippen LogP contribution is 2.27. The van der Waals surface area contributed by atoms with Crippen molar-refractivity contribution in [2.45, 2.75) is 30.7 Å². The number of hydrogen-bond acceptors (Lipinski definition) is 3. The normalized spacial score (nSPS) is 30.1. The molecule has 0 spiro atoms. The molecule has 0 bridgehead atoms. The van der Waals surface area contributed by atoms with Crippen LogP contribution in [0, 0.1) is 0 Å². The zero-order valence-corrected chi connectivity index (χ0v) is 11.7. The van der Waals surface area contributed by atoms with Crippen molar-refractivity contribution in [1.29, 1.82) is 0 Å². The average Bonchev–Trinajstić information content (AvgIpc) is 2.63. The third-order valence-corrected chi connectivity index (χ3v) is 4.92. The van der Waals surface area contributed by atoms with Crippen molar-refractivity contribution in [2.75, 3.05) is 26.2 Å². The summed E-state index contributed by atoms with van der Waals surface area (Å²) in [7, 11) is 0. The fourth-order valence-electron chi connectivity index (χ4n) is 3.25. The summed E-state index contributed by atoms with van der Waals surface area (Å²) in [6.07, 6.45) is 2.55. The van der Waals surface area contributed by atoms with E-state index in [0.717, 1.165) is 6.54 Å². The van der Waals surface area contributed by atoms with Crippen LogP contribution in [0.5, 0.6) is 0 Å². The van der Waals surface area contributed by atoms with Gasteiger partial charge in [-0.25, -0.2) is 0 Å². The molecule has 3 rings (SSSR count). The molecule has 0 saturated carbocycles. The van der Waals surface area contributed by atoms with Gasteiger partial charge >= 0.3 is 0 Å². The summed E-state index contributed by atoms with van der Waals surface area (Å²) in [5.41, 5.74) is 1.43. The third kappa shape index (κ3) is 2.73. The van der Waals surface area contributed by atoms with Crippen LogP contribution < -0.4 is 0 Å². The second kappa shape index (κ2) is 5.64. The van der Waals surface area contributed by atoms with Crippen LogP contribution in [0.3, 0.4) is 0 Å². The Morgan fingerprint density at radius 2 is 1.83 bits per heavy atom. The van der Waals surface area contributed by atoms with E-state index >= 15 is 0 Å². The monoisotopic (exact) mass is 262 g/mol. The van der Waals surface area contributed by atoms with Gasteiger partial charge < -0.3 is 0 Å². The van der Waals surface area contributed by atoms with E-state index in [1.54, 1.807) is 0 Å². The predicted octanol–water partition coefficient (Wildman–Crippen LogP) is 2.27. The van der Waals surface area contributed by atoms with Crippen molar-refractivity contribution in [1.82, 2.24) is 9.80 Å². The van der Waals surface area contributed by atoms with E-state index in [0.29, 0.717) is 11.3 Å². The summed E-state index contributed by atoms with van der Waals surface area (Å²) >= 11 is 4.73. The van der Waals surface area contributed by atoms with E-state index in [4.69, 9.17) is 12.6 Å². The van der Waals surface area contributed by atoms with Gasteiger partial charge in [-0.1, -0.05) is 30.3 Å². The Bertz CT molecular complexity index is 381. The molecule has 2 nitrogen and oxygen atoms in total. The minimum atomic E-state index is 0.599. The Kier molecular flexibility index (Phi) is 3.92. The molecule has 98 valence electrons. The molecule has 0 N–H and O–H groups in total. The van der Waals surface area contributed by atoms with Gasteiger partial charge in [-0.15, -0.1) is 0 Å². The number of fused-ring (bicyclic) bond motifs is 1. The van der Waals surface area contributed by atoms with Crippen LogP contribution in [0.4, 0.5) is 0 Å². The Balaban J connectivity index is 1.60. The number of nitrogens with zero attached hydrogens (tertiary/aromatic N) is 2. The molecule has 0 aliphatic carbocycles. The first kappa shape index (κ1) is 12.5. The molecule has 2 atom stereocenters. The maximum absolute atomic E-state index is 4.73. The molecule has 1 aromatic rings. The van der Waals surface area contributed by atoms with E-state index in [9.17, 15) is 0 Å². The Labute approximate surface area is 115 Å². The van der Waals surface area contributed by atoms with Crippen LogP contribution in [-0.4, -0.2) is 47.3 Å². The van der Waals surface area contributed by atoms with Crippen molar-refractivity contribution >= 4 is 12.6 Å². The minimum absolute atomic E-state index is 0.599. The van der Waals surface area contributed by atoms with Gasteiger partial charge in [0.05, 0.1) is 0 Å². The largest absolute Gasteiger partial charge is 0.298 e. The van der Waals surface area contributed by atoms with Gasteiger partial charge in [-0.3, -0.25) is 9.80 Å². The van der Waals surface area contributed by atoms with Crippen molar-refractivity contribution in [3.05, 3.63) is 35.9 Å². The molecule has 1 aromatic carbocycles. The standard InChI is InChI=1S/C15H22N2S/c18-15-7-9-17-11-10-16(8-6-14(15)17)12-13-4-2-1-3-5-13/h1-5,14-15,18H,6-12H2. The summed E-state index contributed by atoms with van der Waals surface area (Å²) in [4.78, 5) is 5.23. The molecule has 2 unspecified atom stereocenters. The van der Waals surface area contributed by atoms with E-state index in [1.807, 2.05) is 0 Å². The van der Waals surface area contributed by atoms with E-state index < -0.39 is 0 Å². The molecule has 0 aromatic heterocycles. The number of thiol groups is 1. The fraction of sp³-hybridized carbons (Fsp3) is 0.600. The van der Waals surface area contributed by atoms with Crippen molar-refractivity contribution < 1.29 is 0 Å². The van der Waals surface area contributed by atoms with Gasteiger partial charge in [-0.2, -0.15) is 12.6 Å². The van der Waals surface area contributed by atoms with Crippen LogP contribution in [0.15, 0.2) is 30.3 Å². The first-order chi connectivity index (χ1) is 8.83. The molecule has 0 amide bonds. The molecule has 2 aliphatic rings. The van der Waals surface area contributed by atoms with E-state index in [-0.39, 0.29) is 0 Å². The summed E-state index contributed by atoms with van der Waals surface area (Å²) in [6.45, 7) is 5.98. The lowest BCUT2D eigenvalue weighted by atomic mass is 10.1. The molecular formula is C15H22N2S. The Hall–Kier alpha value is -0.510. The Morgan fingerprint density at radius 1 is 1.00 bits per heavy atom. The molecule has 0 radical (unpaired) electrons. The lowest BCUT2D eigenvalue weighted by Gasteiger charge is -2.22. The highest BCUT2D eigenvalue weighted by molar-refractivity contribution is 7.81. The van der Waals surface area contributed by atoms with E-state index in [1.165, 1.54) is 44.6 Å². The molecule has 3 heteroatoms. The summed E-state index contributed by atoms with van der Waals surface area (Å²) < 4.78 is 0. The van der Waals surface area contributed by atoms with E-state index in [2.05, 4.69) is 40.1 Å². The van der Waals surface area contributed by atoms with Gasteiger partial charge in [0.25, 0.3) is 0 Å². The zero-order chi connectivity index (χ0) is 12.4. The van der Waals surface area contributed by atoms with Gasteiger partial charge in [0, 0.05) is 37.5 Å². The highest BCUT2D eigenvalue weighted by atomic mass is 32.1. The SMILES string of the molecule is SC1CCN2CCN(Cc3ccccc3)CCC12. The number of rotatable bonds is 2. The third-order valence-electron chi connectivity index (χ3n) is 4.32. The topological polar surface area (TPSA) is 6.48 Å². The maximum Gasteiger partial charge on any atom is 0.0234 e. The second-order valence-electron chi connectivity index (χ2n) is 5.51. The summed E-state index contributed by atoms with van der Waals surface area (Å²) in [6, 6.07) is 11.5. The average molecular weight is 262 g/mol. The van der Waals surface area contributed by atoms with Crippen LogP contribution in [-0.2, 0) is 6.54 Å². The first-order valence-electron chi connectivity index (χ1n) is 7.01. The predicted molar refractivity (Wildman–Crippen MR) is 79.1 cm³/mol. The fourth-order valence-corrected chi connectivity index (χ4v) is 3.70. The smallest absolute Gasteiger partial charge is 0.0234 e. The van der Waals surface area contributed by atoms with Crippen LogP contribution >= 0.6 is 12.6 Å². The molecule has 2 heterocycles. The maximum atomic E-state index is 4.73. The summed E-state index contributed by atoms with van der Waals surface area (Å²) in [5, 5.41) is 0.599. The van der Waals surface area contributed by atoms with Gasteiger partial charge in [0.2, 0.25) is 0 Å². The van der Waals surface area contributed by atoms with Crippen molar-refractivity contribution in [3.8, 4) is 0 Å². The second-order valence-corrected chi connectivity index (χ2v) is 6.17. The first-order valence-corrected chi connectivity index (χ1v) is 7.53. The minimum Gasteiger partial charge on any atom is -0.298 e. The highest BCUT2D eigenvalue weighted by Gasteiger charge is 2.33. The molecule has 2 aliphatic heterocycles. The van der Waals surface area contributed by atoms with Crippen molar-refractivity contribution in [3.63, 3.8) is 0 Å². The molecule has 2 saturated heterocycles. The summed E-state index contributed by atoms with van der Waals surface area (Å²) in [5.74, 6) is 0. The lowest BCUT2D eigenvalue weighted by Crippen LogP contribution is -2.34. The lowest BCUT2D eigenvalue weighted by molar-refractivity contribution is 0.250. The molecular weight excluding hydrogens is 240 g/mol. The van der Waals surface area contributed by atoms with Gasteiger partial charge in [0.1, 0.15) is 0 Å². The number of benzene rings is 1.